The quantitative estimate of drug-likeness (QED) is 0.593. The van der Waals surface area contributed by atoms with E-state index in [4.69, 9.17) is 4.74 Å². The van der Waals surface area contributed by atoms with Gasteiger partial charge in [-0.25, -0.2) is 0 Å². The van der Waals surface area contributed by atoms with Gasteiger partial charge in [0.1, 0.15) is 5.75 Å². The molecule has 0 unspecified atom stereocenters. The molecule has 0 bridgehead atoms. The molecular formula is C17H29NO. The Morgan fingerprint density at radius 1 is 1.05 bits per heavy atom. The minimum Gasteiger partial charge on any atom is -0.491 e. The van der Waals surface area contributed by atoms with Gasteiger partial charge in [0.15, 0.2) is 0 Å². The van der Waals surface area contributed by atoms with Crippen LogP contribution in [0.25, 0.3) is 0 Å². The highest BCUT2D eigenvalue weighted by Crippen LogP contribution is 2.24. The van der Waals surface area contributed by atoms with Gasteiger partial charge in [0.05, 0.1) is 12.3 Å². The Kier molecular flexibility index (Phi) is 8.11. The van der Waals surface area contributed by atoms with Crippen LogP contribution in [0.5, 0.6) is 5.75 Å². The minimum absolute atomic E-state index is 0.557. The Morgan fingerprint density at radius 2 is 1.79 bits per heavy atom. The van der Waals surface area contributed by atoms with E-state index in [1.165, 1.54) is 32.1 Å². The Morgan fingerprint density at radius 3 is 2.53 bits per heavy atom. The van der Waals surface area contributed by atoms with Gasteiger partial charge in [-0.3, -0.25) is 0 Å². The molecule has 108 valence electrons. The van der Waals surface area contributed by atoms with Gasteiger partial charge >= 0.3 is 0 Å². The maximum Gasteiger partial charge on any atom is 0.142 e. The maximum absolute atomic E-state index is 5.83. The number of ether oxygens (including phenoxy) is 1. The van der Waals surface area contributed by atoms with Crippen molar-refractivity contribution in [2.75, 3.05) is 18.5 Å². The molecule has 19 heavy (non-hydrogen) atoms. The molecule has 0 aliphatic heterocycles. The number of anilines is 1. The zero-order chi connectivity index (χ0) is 13.9. The van der Waals surface area contributed by atoms with E-state index in [2.05, 4.69) is 38.2 Å². The van der Waals surface area contributed by atoms with Crippen LogP contribution in [0.1, 0.15) is 52.9 Å². The number of hydrogen-bond donors (Lipinski definition) is 1. The third-order valence-corrected chi connectivity index (χ3v) is 3.06. The van der Waals surface area contributed by atoms with E-state index in [0.29, 0.717) is 5.92 Å². The first-order valence-corrected chi connectivity index (χ1v) is 7.69. The van der Waals surface area contributed by atoms with E-state index in [9.17, 15) is 0 Å². The highest BCUT2D eigenvalue weighted by Gasteiger charge is 2.03. The predicted octanol–water partition coefficient (Wildman–Crippen LogP) is 5.10. The van der Waals surface area contributed by atoms with Crippen molar-refractivity contribution < 1.29 is 4.74 Å². The van der Waals surface area contributed by atoms with Crippen LogP contribution in [-0.4, -0.2) is 13.2 Å². The number of benzene rings is 1. The number of unbranched alkanes of at least 4 members (excludes halogenated alkanes) is 4. The molecule has 0 spiro atoms. The maximum atomic E-state index is 5.83. The molecule has 0 saturated heterocycles. The summed E-state index contributed by atoms with van der Waals surface area (Å²) >= 11 is 0. The van der Waals surface area contributed by atoms with Gasteiger partial charge in [-0.2, -0.15) is 0 Å². The van der Waals surface area contributed by atoms with E-state index < -0.39 is 0 Å². The van der Waals surface area contributed by atoms with Crippen LogP contribution in [0.15, 0.2) is 24.3 Å². The Labute approximate surface area is 118 Å². The first-order valence-electron chi connectivity index (χ1n) is 7.69. The molecule has 1 aromatic rings. The smallest absolute Gasteiger partial charge is 0.142 e. The number of para-hydroxylation sites is 2. The van der Waals surface area contributed by atoms with Crippen molar-refractivity contribution in [2.24, 2.45) is 5.92 Å². The van der Waals surface area contributed by atoms with Crippen molar-refractivity contribution in [1.82, 2.24) is 0 Å². The van der Waals surface area contributed by atoms with Crippen molar-refractivity contribution in [3.63, 3.8) is 0 Å². The second-order valence-electron chi connectivity index (χ2n) is 5.54. The topological polar surface area (TPSA) is 21.3 Å². The second kappa shape index (κ2) is 9.71. The molecule has 0 aliphatic rings. The van der Waals surface area contributed by atoms with Crippen LogP contribution in [0.4, 0.5) is 5.69 Å². The summed E-state index contributed by atoms with van der Waals surface area (Å²) < 4.78 is 5.83. The molecule has 2 nitrogen and oxygen atoms in total. The molecule has 2 heteroatoms. The first kappa shape index (κ1) is 15.9. The Bertz CT molecular complexity index is 336. The predicted molar refractivity (Wildman–Crippen MR) is 84.0 cm³/mol. The van der Waals surface area contributed by atoms with Crippen LogP contribution in [0.2, 0.25) is 0 Å². The second-order valence-corrected chi connectivity index (χ2v) is 5.54. The Hall–Kier alpha value is -1.18. The van der Waals surface area contributed by atoms with Gasteiger partial charge < -0.3 is 10.1 Å². The summed E-state index contributed by atoms with van der Waals surface area (Å²) in [5.74, 6) is 1.53. The zero-order valence-electron chi connectivity index (χ0n) is 12.7. The summed E-state index contributed by atoms with van der Waals surface area (Å²) in [6.45, 7) is 8.40. The van der Waals surface area contributed by atoms with Crippen molar-refractivity contribution in [2.45, 2.75) is 52.9 Å². The molecule has 1 aromatic carbocycles. The molecule has 0 amide bonds. The van der Waals surface area contributed by atoms with E-state index >= 15 is 0 Å². The zero-order valence-corrected chi connectivity index (χ0v) is 12.7. The average Bonchev–Trinajstić information content (AvgIpc) is 2.41. The fourth-order valence-corrected chi connectivity index (χ4v) is 1.95. The summed E-state index contributed by atoms with van der Waals surface area (Å²) in [5, 5.41) is 3.49. The molecule has 0 aromatic heterocycles. The lowest BCUT2D eigenvalue weighted by Crippen LogP contribution is -2.08. The first-order chi connectivity index (χ1) is 9.24. The molecular weight excluding hydrogens is 234 g/mol. The van der Waals surface area contributed by atoms with E-state index in [1.54, 1.807) is 0 Å². The normalized spacial score (nSPS) is 10.7. The summed E-state index contributed by atoms with van der Waals surface area (Å²) in [6, 6.07) is 8.23. The lowest BCUT2D eigenvalue weighted by molar-refractivity contribution is 0.272. The SMILES string of the molecule is CCCCCCCNc1ccccc1OCC(C)C. The molecule has 0 aliphatic carbocycles. The summed E-state index contributed by atoms with van der Waals surface area (Å²) in [7, 11) is 0. The van der Waals surface area contributed by atoms with Crippen molar-refractivity contribution in [3.05, 3.63) is 24.3 Å². The van der Waals surface area contributed by atoms with Crippen LogP contribution in [-0.2, 0) is 0 Å². The van der Waals surface area contributed by atoms with Crippen LogP contribution in [0, 0.1) is 5.92 Å². The van der Waals surface area contributed by atoms with Gasteiger partial charge in [-0.05, 0) is 24.5 Å². The van der Waals surface area contributed by atoms with Crippen LogP contribution < -0.4 is 10.1 Å². The lowest BCUT2D eigenvalue weighted by atomic mass is 10.1. The third kappa shape index (κ3) is 7.09. The van der Waals surface area contributed by atoms with Gasteiger partial charge in [0.2, 0.25) is 0 Å². The minimum atomic E-state index is 0.557. The van der Waals surface area contributed by atoms with Gasteiger partial charge in [-0.1, -0.05) is 58.6 Å². The highest BCUT2D eigenvalue weighted by molar-refractivity contribution is 5.56. The number of hydrogen-bond acceptors (Lipinski definition) is 2. The van der Waals surface area contributed by atoms with Gasteiger partial charge in [0, 0.05) is 6.54 Å². The monoisotopic (exact) mass is 263 g/mol. The van der Waals surface area contributed by atoms with E-state index in [0.717, 1.165) is 24.6 Å². The summed E-state index contributed by atoms with van der Waals surface area (Å²) in [6.07, 6.45) is 6.56. The number of nitrogens with one attached hydrogen (secondary N) is 1. The fraction of sp³-hybridized carbons (Fsp3) is 0.647. The molecule has 1 N–H and O–H groups in total. The number of rotatable bonds is 10. The summed E-state index contributed by atoms with van der Waals surface area (Å²) in [4.78, 5) is 0. The average molecular weight is 263 g/mol. The van der Waals surface area contributed by atoms with Crippen molar-refractivity contribution in [3.8, 4) is 5.75 Å². The van der Waals surface area contributed by atoms with Crippen molar-refractivity contribution >= 4 is 5.69 Å². The molecule has 1 rings (SSSR count). The lowest BCUT2D eigenvalue weighted by Gasteiger charge is -2.14. The molecule has 0 atom stereocenters. The largest absolute Gasteiger partial charge is 0.491 e. The standard InChI is InChI=1S/C17H29NO/c1-4-5-6-7-10-13-18-16-11-8-9-12-17(16)19-14-15(2)3/h8-9,11-12,15,18H,4-7,10,13-14H2,1-3H3. The van der Waals surface area contributed by atoms with Gasteiger partial charge in [0.25, 0.3) is 0 Å². The molecule has 0 fully saturated rings. The highest BCUT2D eigenvalue weighted by atomic mass is 16.5. The molecule has 0 heterocycles. The Balaban J connectivity index is 2.31. The molecule has 0 saturated carbocycles. The summed E-state index contributed by atoms with van der Waals surface area (Å²) in [5.41, 5.74) is 1.12. The molecule has 0 radical (unpaired) electrons. The van der Waals surface area contributed by atoms with Gasteiger partial charge in [-0.15, -0.1) is 0 Å². The van der Waals surface area contributed by atoms with Crippen molar-refractivity contribution in [1.29, 1.82) is 0 Å². The van der Waals surface area contributed by atoms with Crippen LogP contribution in [0.3, 0.4) is 0 Å². The third-order valence-electron chi connectivity index (χ3n) is 3.06. The van der Waals surface area contributed by atoms with E-state index in [-0.39, 0.29) is 0 Å². The van der Waals surface area contributed by atoms with E-state index in [1.807, 2.05) is 12.1 Å². The fourth-order valence-electron chi connectivity index (χ4n) is 1.95. The van der Waals surface area contributed by atoms with Crippen LogP contribution >= 0.6 is 0 Å².